The van der Waals surface area contributed by atoms with E-state index in [1.165, 1.54) is 12.1 Å². The van der Waals surface area contributed by atoms with Gasteiger partial charge in [-0.1, -0.05) is 19.9 Å². The summed E-state index contributed by atoms with van der Waals surface area (Å²) in [5, 5.41) is 0. The van der Waals surface area contributed by atoms with Crippen LogP contribution in [0.15, 0.2) is 24.3 Å². The lowest BCUT2D eigenvalue weighted by Gasteiger charge is -2.33. The van der Waals surface area contributed by atoms with E-state index in [1.54, 1.807) is 0 Å². The average Bonchev–Trinajstić information content (AvgIpc) is 2.18. The minimum absolute atomic E-state index is 0.0300. The fraction of sp³-hybridized carbons (Fsp3) is 0.429. The first kappa shape index (κ1) is 12.2. The van der Waals surface area contributed by atoms with Gasteiger partial charge in [-0.15, -0.1) is 0 Å². The Hall–Kier alpha value is -1.22. The van der Waals surface area contributed by atoms with Gasteiger partial charge in [-0.25, -0.2) is 8.78 Å². The second-order valence-electron chi connectivity index (χ2n) is 5.53. The second-order valence-corrected chi connectivity index (χ2v) is 5.53. The first-order valence-electron chi connectivity index (χ1n) is 5.79. The molecule has 0 saturated heterocycles. The Balaban J connectivity index is 2.43. The van der Waals surface area contributed by atoms with Crippen LogP contribution in [-0.2, 0) is 0 Å². The van der Waals surface area contributed by atoms with Crippen molar-refractivity contribution in [1.82, 2.24) is 0 Å². The van der Waals surface area contributed by atoms with Crippen molar-refractivity contribution >= 4 is 5.57 Å². The Bertz CT molecular complexity index is 463. The smallest absolute Gasteiger partial charge is 0.130 e. The van der Waals surface area contributed by atoms with Gasteiger partial charge in [0.25, 0.3) is 0 Å². The van der Waals surface area contributed by atoms with Gasteiger partial charge >= 0.3 is 0 Å². The molecule has 92 valence electrons. The maximum Gasteiger partial charge on any atom is 0.130 e. The molecule has 1 aromatic carbocycles. The monoisotopic (exact) mass is 237 g/mol. The number of hydrogen-bond acceptors (Lipinski definition) is 1. The number of hydrogen-bond donors (Lipinski definition) is 1. The molecule has 0 spiro atoms. The van der Waals surface area contributed by atoms with Crippen LogP contribution in [-0.4, -0.2) is 6.04 Å². The summed E-state index contributed by atoms with van der Waals surface area (Å²) in [6.07, 6.45) is 3.44. The number of benzene rings is 1. The van der Waals surface area contributed by atoms with E-state index in [0.717, 1.165) is 24.5 Å². The zero-order chi connectivity index (χ0) is 12.6. The van der Waals surface area contributed by atoms with E-state index in [0.29, 0.717) is 5.56 Å². The highest BCUT2D eigenvalue weighted by atomic mass is 19.1. The number of allylic oxidation sites excluding steroid dienone is 1. The maximum atomic E-state index is 13.7. The molecular weight excluding hydrogens is 220 g/mol. The minimum Gasteiger partial charge on any atom is -0.324 e. The highest BCUT2D eigenvalue weighted by Gasteiger charge is 2.28. The minimum atomic E-state index is -0.417. The number of rotatable bonds is 1. The van der Waals surface area contributed by atoms with Gasteiger partial charge in [0.05, 0.1) is 0 Å². The molecular formula is C14H17F2N. The predicted octanol–water partition coefficient (Wildman–Crippen LogP) is 3.50. The zero-order valence-corrected chi connectivity index (χ0v) is 10.1. The normalized spacial score (nSPS) is 23.4. The summed E-state index contributed by atoms with van der Waals surface area (Å²) < 4.78 is 26.9. The van der Waals surface area contributed by atoms with Crippen LogP contribution in [0, 0.1) is 17.0 Å². The molecule has 17 heavy (non-hydrogen) atoms. The van der Waals surface area contributed by atoms with Crippen LogP contribution in [0.1, 0.15) is 32.3 Å². The van der Waals surface area contributed by atoms with Gasteiger partial charge in [0, 0.05) is 11.6 Å². The average molecular weight is 237 g/mol. The van der Waals surface area contributed by atoms with Crippen LogP contribution in [0.25, 0.3) is 5.57 Å². The Labute approximate surface area is 100 Å². The number of halogens is 2. The van der Waals surface area contributed by atoms with Crippen LogP contribution in [0.2, 0.25) is 0 Å². The summed E-state index contributed by atoms with van der Waals surface area (Å²) in [5.74, 6) is -0.804. The van der Waals surface area contributed by atoms with E-state index in [2.05, 4.69) is 13.8 Å². The van der Waals surface area contributed by atoms with Crippen LogP contribution in [0.3, 0.4) is 0 Å². The van der Waals surface area contributed by atoms with Crippen molar-refractivity contribution in [2.75, 3.05) is 0 Å². The summed E-state index contributed by atoms with van der Waals surface area (Å²) in [6.45, 7) is 4.19. The Kier molecular flexibility index (Phi) is 3.04. The molecule has 3 heteroatoms. The molecule has 0 fully saturated rings. The Morgan fingerprint density at radius 3 is 2.65 bits per heavy atom. The highest BCUT2D eigenvalue weighted by Crippen LogP contribution is 2.39. The molecule has 1 nitrogen and oxygen atoms in total. The molecule has 0 heterocycles. The standard InChI is InChI=1S/C14H17F2N/c1-14(2)7-9(5-11(17)8-14)12-6-10(15)3-4-13(12)16/h3-6,11H,7-8,17H2,1-2H3. The van der Waals surface area contributed by atoms with E-state index in [9.17, 15) is 8.78 Å². The third-order valence-corrected chi connectivity index (χ3v) is 3.15. The van der Waals surface area contributed by atoms with Crippen LogP contribution < -0.4 is 5.73 Å². The molecule has 1 aromatic rings. The Morgan fingerprint density at radius 1 is 1.29 bits per heavy atom. The van der Waals surface area contributed by atoms with Crippen molar-refractivity contribution in [3.63, 3.8) is 0 Å². The molecule has 1 atom stereocenters. The van der Waals surface area contributed by atoms with Crippen molar-refractivity contribution in [1.29, 1.82) is 0 Å². The molecule has 0 radical (unpaired) electrons. The van der Waals surface area contributed by atoms with Crippen molar-refractivity contribution in [3.8, 4) is 0 Å². The van der Waals surface area contributed by atoms with Crippen molar-refractivity contribution in [2.24, 2.45) is 11.1 Å². The van der Waals surface area contributed by atoms with E-state index in [4.69, 9.17) is 5.73 Å². The van der Waals surface area contributed by atoms with Gasteiger partial charge in [0.15, 0.2) is 0 Å². The van der Waals surface area contributed by atoms with Gasteiger partial charge in [0.1, 0.15) is 11.6 Å². The van der Waals surface area contributed by atoms with Gasteiger partial charge in [-0.05, 0) is 42.0 Å². The van der Waals surface area contributed by atoms with Gasteiger partial charge < -0.3 is 5.73 Å². The zero-order valence-electron chi connectivity index (χ0n) is 10.1. The Morgan fingerprint density at radius 2 is 2.00 bits per heavy atom. The van der Waals surface area contributed by atoms with Crippen LogP contribution in [0.5, 0.6) is 0 Å². The molecule has 0 bridgehead atoms. The summed E-state index contributed by atoms with van der Waals surface area (Å²) in [6, 6.07) is 3.46. The molecule has 2 N–H and O–H groups in total. The van der Waals surface area contributed by atoms with Crippen molar-refractivity contribution < 1.29 is 8.78 Å². The summed E-state index contributed by atoms with van der Waals surface area (Å²) >= 11 is 0. The maximum absolute atomic E-state index is 13.7. The quantitative estimate of drug-likeness (QED) is 0.795. The van der Waals surface area contributed by atoms with E-state index < -0.39 is 5.82 Å². The fourth-order valence-corrected chi connectivity index (χ4v) is 2.53. The first-order chi connectivity index (χ1) is 7.87. The van der Waals surface area contributed by atoms with E-state index in [1.807, 2.05) is 6.08 Å². The third-order valence-electron chi connectivity index (χ3n) is 3.15. The number of nitrogens with two attached hydrogens (primary N) is 1. The van der Waals surface area contributed by atoms with Gasteiger partial charge in [-0.3, -0.25) is 0 Å². The molecule has 1 unspecified atom stereocenters. The second kappa shape index (κ2) is 4.22. The summed E-state index contributed by atoms with van der Waals surface area (Å²) in [7, 11) is 0. The molecule has 0 amide bonds. The lowest BCUT2D eigenvalue weighted by molar-refractivity contribution is 0.318. The van der Waals surface area contributed by atoms with Gasteiger partial charge in [-0.2, -0.15) is 0 Å². The van der Waals surface area contributed by atoms with Crippen LogP contribution >= 0.6 is 0 Å². The molecule has 1 aliphatic carbocycles. The molecule has 0 aliphatic heterocycles. The molecule has 0 saturated carbocycles. The van der Waals surface area contributed by atoms with Gasteiger partial charge in [0.2, 0.25) is 0 Å². The van der Waals surface area contributed by atoms with Crippen molar-refractivity contribution in [3.05, 3.63) is 41.5 Å². The lowest BCUT2D eigenvalue weighted by Crippen LogP contribution is -2.30. The van der Waals surface area contributed by atoms with E-state index in [-0.39, 0.29) is 17.3 Å². The largest absolute Gasteiger partial charge is 0.324 e. The highest BCUT2D eigenvalue weighted by molar-refractivity contribution is 5.68. The SMILES string of the molecule is CC1(C)CC(c2cc(F)ccc2F)=CC(N)C1. The molecule has 0 aromatic heterocycles. The lowest BCUT2D eigenvalue weighted by atomic mass is 9.74. The van der Waals surface area contributed by atoms with Crippen LogP contribution in [0.4, 0.5) is 8.78 Å². The first-order valence-corrected chi connectivity index (χ1v) is 5.79. The fourth-order valence-electron chi connectivity index (χ4n) is 2.53. The van der Waals surface area contributed by atoms with Crippen molar-refractivity contribution in [2.45, 2.75) is 32.7 Å². The van der Waals surface area contributed by atoms with E-state index >= 15 is 0 Å². The molecule has 1 aliphatic rings. The predicted molar refractivity (Wildman–Crippen MR) is 65.3 cm³/mol. The summed E-state index contributed by atoms with van der Waals surface area (Å²) in [5.41, 5.74) is 7.12. The molecule has 2 rings (SSSR count). The topological polar surface area (TPSA) is 26.0 Å². The summed E-state index contributed by atoms with van der Waals surface area (Å²) in [4.78, 5) is 0. The third kappa shape index (κ3) is 2.72.